The molecule has 2 aromatic rings. The molecule has 2 fully saturated rings. The Morgan fingerprint density at radius 1 is 1.28 bits per heavy atom. The van der Waals surface area contributed by atoms with E-state index >= 15 is 0 Å². The zero-order chi connectivity index (χ0) is 22.7. The number of ether oxygens (including phenoxy) is 3. The Bertz CT molecular complexity index is 1080. The topological polar surface area (TPSA) is 65.1 Å². The number of hydrogen-bond acceptors (Lipinski definition) is 7. The van der Waals surface area contributed by atoms with Crippen molar-refractivity contribution in [3.63, 3.8) is 0 Å². The van der Waals surface area contributed by atoms with Crippen molar-refractivity contribution < 1.29 is 23.8 Å². The van der Waals surface area contributed by atoms with Gasteiger partial charge in [0.1, 0.15) is 4.32 Å². The van der Waals surface area contributed by atoms with Gasteiger partial charge in [-0.3, -0.25) is 9.69 Å². The molecule has 0 N–H and O–H groups in total. The maximum Gasteiger partial charge on any atom is 0.343 e. The lowest BCUT2D eigenvalue weighted by atomic mass is 10.1. The molecule has 4 rings (SSSR count). The maximum absolute atomic E-state index is 12.8. The summed E-state index contributed by atoms with van der Waals surface area (Å²) in [6, 6.07) is 11.5. The Morgan fingerprint density at radius 3 is 2.75 bits per heavy atom. The smallest absolute Gasteiger partial charge is 0.343 e. The molecule has 0 saturated carbocycles. The molecule has 1 atom stereocenters. The summed E-state index contributed by atoms with van der Waals surface area (Å²) in [7, 11) is 1.49. The number of benzene rings is 2. The first-order chi connectivity index (χ1) is 15.4. The minimum atomic E-state index is -0.525. The fraction of sp³-hybridized carbons (Fsp3) is 0.261. The highest BCUT2D eigenvalue weighted by Gasteiger charge is 2.34. The van der Waals surface area contributed by atoms with Crippen LogP contribution in [0.1, 0.15) is 28.8 Å². The third-order valence-corrected chi connectivity index (χ3v) is 6.68. The molecule has 9 heteroatoms. The second kappa shape index (κ2) is 10.0. The van der Waals surface area contributed by atoms with Gasteiger partial charge in [0.15, 0.2) is 11.5 Å². The Balaban J connectivity index is 1.49. The van der Waals surface area contributed by atoms with Crippen LogP contribution in [-0.2, 0) is 9.53 Å². The van der Waals surface area contributed by atoms with Crippen molar-refractivity contribution in [2.24, 2.45) is 0 Å². The van der Waals surface area contributed by atoms with E-state index in [1.807, 2.05) is 0 Å². The summed E-state index contributed by atoms with van der Waals surface area (Å²) < 4.78 is 17.0. The van der Waals surface area contributed by atoms with Crippen molar-refractivity contribution in [3.8, 4) is 11.5 Å². The van der Waals surface area contributed by atoms with Crippen LogP contribution in [0.3, 0.4) is 0 Å². The number of rotatable bonds is 6. The third-order valence-electron chi connectivity index (χ3n) is 5.05. The van der Waals surface area contributed by atoms with E-state index in [0.717, 1.165) is 25.0 Å². The van der Waals surface area contributed by atoms with Crippen LogP contribution in [0.5, 0.6) is 11.5 Å². The number of hydrogen-bond donors (Lipinski definition) is 0. The van der Waals surface area contributed by atoms with Crippen molar-refractivity contribution in [1.82, 2.24) is 4.90 Å². The third kappa shape index (κ3) is 5.15. The van der Waals surface area contributed by atoms with Gasteiger partial charge in [-0.1, -0.05) is 41.6 Å². The summed E-state index contributed by atoms with van der Waals surface area (Å²) in [5.41, 5.74) is 1.10. The average molecular weight is 490 g/mol. The lowest BCUT2D eigenvalue weighted by molar-refractivity contribution is -0.123. The number of nitrogens with zero attached hydrogens (tertiary/aromatic N) is 1. The van der Waals surface area contributed by atoms with E-state index in [9.17, 15) is 9.59 Å². The Hall–Kier alpha value is -2.39. The summed E-state index contributed by atoms with van der Waals surface area (Å²) in [6.07, 6.45) is 3.72. The van der Waals surface area contributed by atoms with Crippen molar-refractivity contribution >= 4 is 57.9 Å². The molecule has 2 aliphatic rings. The SMILES string of the molecule is COc1cc(/C=C2/SC(=S)N(CC3CCCO3)C2=O)ccc1OC(=O)c1ccc(Cl)cc1. The Labute approximate surface area is 200 Å². The number of thioether (sulfide) groups is 1. The fourth-order valence-electron chi connectivity index (χ4n) is 3.40. The van der Waals surface area contributed by atoms with Crippen LogP contribution in [0.4, 0.5) is 0 Å². The quantitative estimate of drug-likeness (QED) is 0.246. The lowest BCUT2D eigenvalue weighted by Gasteiger charge is -2.18. The predicted octanol–water partition coefficient (Wildman–Crippen LogP) is 4.95. The fourth-order valence-corrected chi connectivity index (χ4v) is 4.80. The summed E-state index contributed by atoms with van der Waals surface area (Å²) in [5.74, 6) is -0.0122. The highest BCUT2D eigenvalue weighted by atomic mass is 35.5. The van der Waals surface area contributed by atoms with Crippen molar-refractivity contribution in [3.05, 3.63) is 63.5 Å². The first-order valence-corrected chi connectivity index (χ1v) is 11.6. The molecular formula is C23H20ClNO5S2. The van der Waals surface area contributed by atoms with Crippen LogP contribution in [0.15, 0.2) is 47.4 Å². The molecule has 6 nitrogen and oxygen atoms in total. The predicted molar refractivity (Wildman–Crippen MR) is 128 cm³/mol. The first kappa shape index (κ1) is 22.8. The molecule has 0 bridgehead atoms. The van der Waals surface area contributed by atoms with Gasteiger partial charge in [-0.25, -0.2) is 4.79 Å². The molecule has 1 unspecified atom stereocenters. The van der Waals surface area contributed by atoms with Gasteiger partial charge >= 0.3 is 5.97 Å². The standard InChI is InChI=1S/C23H20ClNO5S2/c1-28-19-11-14(4-9-18(19)30-22(27)15-5-7-16(24)8-6-15)12-20-21(26)25(23(31)32-20)13-17-3-2-10-29-17/h4-9,11-12,17H,2-3,10,13H2,1H3/b20-12+. The molecular weight excluding hydrogens is 470 g/mol. The van der Waals surface area contributed by atoms with Crippen molar-refractivity contribution in [2.45, 2.75) is 18.9 Å². The molecule has 0 aromatic heterocycles. The average Bonchev–Trinajstić information content (AvgIpc) is 3.39. The molecule has 2 saturated heterocycles. The van der Waals surface area contributed by atoms with Crippen LogP contribution < -0.4 is 9.47 Å². The van der Waals surface area contributed by atoms with Gasteiger partial charge < -0.3 is 14.2 Å². The molecule has 2 aliphatic heterocycles. The number of thiocarbonyl (C=S) groups is 1. The second-order valence-electron chi connectivity index (χ2n) is 7.23. The highest BCUT2D eigenvalue weighted by molar-refractivity contribution is 8.26. The molecule has 0 radical (unpaired) electrons. The molecule has 32 heavy (non-hydrogen) atoms. The lowest BCUT2D eigenvalue weighted by Crippen LogP contribution is -2.35. The van der Waals surface area contributed by atoms with Crippen LogP contribution in [-0.4, -0.2) is 47.5 Å². The first-order valence-electron chi connectivity index (χ1n) is 9.97. The molecule has 2 heterocycles. The zero-order valence-electron chi connectivity index (χ0n) is 17.2. The van der Waals surface area contributed by atoms with Gasteiger partial charge in [-0.2, -0.15) is 0 Å². The number of carbonyl (C=O) groups is 2. The minimum Gasteiger partial charge on any atom is -0.493 e. The van der Waals surface area contributed by atoms with Gasteiger partial charge in [0.25, 0.3) is 5.91 Å². The van der Waals surface area contributed by atoms with Gasteiger partial charge in [-0.15, -0.1) is 0 Å². The van der Waals surface area contributed by atoms with E-state index in [1.165, 1.54) is 18.9 Å². The van der Waals surface area contributed by atoms with Gasteiger partial charge in [0.2, 0.25) is 0 Å². The molecule has 1 amide bonds. The largest absolute Gasteiger partial charge is 0.493 e. The molecule has 0 spiro atoms. The summed E-state index contributed by atoms with van der Waals surface area (Å²) in [4.78, 5) is 27.4. The number of carbonyl (C=O) groups excluding carboxylic acids is 2. The van der Waals surface area contributed by atoms with Crippen LogP contribution in [0.2, 0.25) is 5.02 Å². The van der Waals surface area contributed by atoms with E-state index in [4.69, 9.17) is 38.0 Å². The molecule has 2 aromatic carbocycles. The van der Waals surface area contributed by atoms with Crippen LogP contribution in [0.25, 0.3) is 6.08 Å². The number of methoxy groups -OCH3 is 1. The Morgan fingerprint density at radius 2 is 2.06 bits per heavy atom. The van der Waals surface area contributed by atoms with Crippen LogP contribution in [0, 0.1) is 0 Å². The monoisotopic (exact) mass is 489 g/mol. The zero-order valence-corrected chi connectivity index (χ0v) is 19.6. The molecule has 0 aliphatic carbocycles. The van der Waals surface area contributed by atoms with E-state index in [-0.39, 0.29) is 17.8 Å². The minimum absolute atomic E-state index is 0.0338. The van der Waals surface area contributed by atoms with Crippen LogP contribution >= 0.6 is 35.6 Å². The number of halogens is 1. The van der Waals surface area contributed by atoms with E-state index in [1.54, 1.807) is 53.4 Å². The van der Waals surface area contributed by atoms with E-state index in [2.05, 4.69) is 0 Å². The second-order valence-corrected chi connectivity index (χ2v) is 9.35. The highest BCUT2D eigenvalue weighted by Crippen LogP contribution is 2.35. The summed E-state index contributed by atoms with van der Waals surface area (Å²) >= 11 is 12.5. The van der Waals surface area contributed by atoms with Crippen molar-refractivity contribution in [2.75, 3.05) is 20.3 Å². The maximum atomic E-state index is 12.8. The summed E-state index contributed by atoms with van der Waals surface area (Å²) in [5, 5.41) is 0.532. The normalized spacial score (nSPS) is 19.6. The van der Waals surface area contributed by atoms with Gasteiger partial charge in [-0.05, 0) is 60.9 Å². The Kier molecular flexibility index (Phi) is 7.15. The van der Waals surface area contributed by atoms with E-state index in [0.29, 0.717) is 32.1 Å². The van der Waals surface area contributed by atoms with Gasteiger partial charge in [0, 0.05) is 11.6 Å². The summed E-state index contributed by atoms with van der Waals surface area (Å²) in [6.45, 7) is 1.20. The number of esters is 1. The van der Waals surface area contributed by atoms with Gasteiger partial charge in [0.05, 0.1) is 30.2 Å². The number of amides is 1. The van der Waals surface area contributed by atoms with E-state index < -0.39 is 5.97 Å². The molecule has 166 valence electrons. The van der Waals surface area contributed by atoms with Crippen molar-refractivity contribution in [1.29, 1.82) is 0 Å².